The molecule has 0 aliphatic carbocycles. The molecule has 0 bridgehead atoms. The molecule has 1 aromatic rings. The molecule has 2 nitrogen and oxygen atoms in total. The second-order valence-electron chi connectivity index (χ2n) is 5.83. The van der Waals surface area contributed by atoms with Crippen LogP contribution in [-0.4, -0.2) is 19.3 Å². The molecule has 0 unspecified atom stereocenters. The van der Waals surface area contributed by atoms with Gasteiger partial charge in [0.25, 0.3) is 0 Å². The van der Waals surface area contributed by atoms with Crippen molar-refractivity contribution in [1.82, 2.24) is 0 Å². The number of rotatable bonds is 2. The first-order valence-electron chi connectivity index (χ1n) is 6.51. The Kier molecular flexibility index (Phi) is 3.72. The molecule has 1 fully saturated rings. The summed E-state index contributed by atoms with van der Waals surface area (Å²) in [4.78, 5) is 0. The fourth-order valence-electron chi connectivity index (χ4n) is 2.32. The number of para-hydroxylation sites is 1. The van der Waals surface area contributed by atoms with E-state index in [9.17, 15) is 0 Å². The largest absolute Gasteiger partial charge is 0.382 e. The van der Waals surface area contributed by atoms with E-state index in [-0.39, 0.29) is 5.41 Å². The third-order valence-electron chi connectivity index (χ3n) is 3.32. The maximum atomic E-state index is 5.39. The van der Waals surface area contributed by atoms with Crippen LogP contribution in [-0.2, 0) is 10.2 Å². The van der Waals surface area contributed by atoms with Crippen LogP contribution in [0.3, 0.4) is 0 Å². The van der Waals surface area contributed by atoms with E-state index in [1.165, 1.54) is 11.3 Å². The zero-order valence-electron chi connectivity index (χ0n) is 11.1. The Morgan fingerprint density at radius 1 is 1.12 bits per heavy atom. The van der Waals surface area contributed by atoms with Crippen molar-refractivity contribution in [2.24, 2.45) is 0 Å². The molecular weight excluding hydrogens is 210 g/mol. The van der Waals surface area contributed by atoms with Gasteiger partial charge < -0.3 is 10.1 Å². The maximum Gasteiger partial charge on any atom is 0.0485 e. The van der Waals surface area contributed by atoms with Crippen molar-refractivity contribution in [3.8, 4) is 0 Å². The number of hydrogen-bond acceptors (Lipinski definition) is 2. The Labute approximate surface area is 104 Å². The normalized spacial score (nSPS) is 18.1. The smallest absolute Gasteiger partial charge is 0.0485 e. The predicted molar refractivity (Wildman–Crippen MR) is 72.6 cm³/mol. The van der Waals surface area contributed by atoms with Gasteiger partial charge in [-0.1, -0.05) is 39.0 Å². The molecule has 1 heterocycles. The third kappa shape index (κ3) is 3.22. The second-order valence-corrected chi connectivity index (χ2v) is 5.83. The van der Waals surface area contributed by atoms with E-state index in [1.54, 1.807) is 0 Å². The summed E-state index contributed by atoms with van der Waals surface area (Å²) < 4.78 is 5.39. The Hall–Kier alpha value is -1.02. The lowest BCUT2D eigenvalue weighted by molar-refractivity contribution is 0.0904. The van der Waals surface area contributed by atoms with Gasteiger partial charge in [-0.25, -0.2) is 0 Å². The number of nitrogens with one attached hydrogen (secondary N) is 1. The van der Waals surface area contributed by atoms with Gasteiger partial charge in [0.2, 0.25) is 0 Å². The van der Waals surface area contributed by atoms with Gasteiger partial charge in [-0.05, 0) is 29.9 Å². The van der Waals surface area contributed by atoms with Crippen molar-refractivity contribution in [2.45, 2.75) is 45.1 Å². The molecule has 1 aliphatic heterocycles. The molecule has 0 radical (unpaired) electrons. The number of benzene rings is 1. The molecule has 0 spiro atoms. The van der Waals surface area contributed by atoms with E-state index in [0.717, 1.165) is 26.1 Å². The minimum absolute atomic E-state index is 0.189. The Morgan fingerprint density at radius 3 is 2.41 bits per heavy atom. The Bertz CT molecular complexity index is 361. The third-order valence-corrected chi connectivity index (χ3v) is 3.32. The highest BCUT2D eigenvalue weighted by atomic mass is 16.5. The van der Waals surface area contributed by atoms with Gasteiger partial charge in [0.15, 0.2) is 0 Å². The number of hydrogen-bond donors (Lipinski definition) is 1. The lowest BCUT2D eigenvalue weighted by atomic mass is 9.85. The standard InChI is InChI=1S/C15H23NO/c1-15(2,3)13-6-4-5-7-14(13)16-12-8-10-17-11-9-12/h4-7,12,16H,8-11H2,1-3H3. The van der Waals surface area contributed by atoms with Crippen molar-refractivity contribution in [3.63, 3.8) is 0 Å². The maximum absolute atomic E-state index is 5.39. The van der Waals surface area contributed by atoms with Gasteiger partial charge in [-0.3, -0.25) is 0 Å². The Balaban J connectivity index is 2.14. The fourth-order valence-corrected chi connectivity index (χ4v) is 2.32. The van der Waals surface area contributed by atoms with Crippen LogP contribution in [0.2, 0.25) is 0 Å². The van der Waals surface area contributed by atoms with Gasteiger partial charge in [-0.2, -0.15) is 0 Å². The second kappa shape index (κ2) is 5.09. The molecule has 94 valence electrons. The van der Waals surface area contributed by atoms with Crippen LogP contribution in [0.4, 0.5) is 5.69 Å². The van der Waals surface area contributed by atoms with E-state index >= 15 is 0 Å². The molecule has 2 heteroatoms. The quantitative estimate of drug-likeness (QED) is 0.843. The van der Waals surface area contributed by atoms with E-state index in [2.05, 4.69) is 50.4 Å². The van der Waals surface area contributed by atoms with Crippen molar-refractivity contribution < 1.29 is 4.74 Å². The van der Waals surface area contributed by atoms with Gasteiger partial charge in [-0.15, -0.1) is 0 Å². The molecule has 1 aromatic carbocycles. The Morgan fingerprint density at radius 2 is 1.76 bits per heavy atom. The zero-order valence-corrected chi connectivity index (χ0v) is 11.1. The van der Waals surface area contributed by atoms with Crippen LogP contribution in [0.1, 0.15) is 39.2 Å². The molecular formula is C15H23NO. The van der Waals surface area contributed by atoms with Crippen LogP contribution >= 0.6 is 0 Å². The molecule has 0 atom stereocenters. The first-order valence-corrected chi connectivity index (χ1v) is 6.51. The lowest BCUT2D eigenvalue weighted by Gasteiger charge is -2.28. The average molecular weight is 233 g/mol. The van der Waals surface area contributed by atoms with Crippen molar-refractivity contribution >= 4 is 5.69 Å². The summed E-state index contributed by atoms with van der Waals surface area (Å²) in [5, 5.41) is 3.68. The molecule has 1 aliphatic rings. The summed E-state index contributed by atoms with van der Waals surface area (Å²) in [6.45, 7) is 8.55. The molecule has 1 saturated heterocycles. The first kappa shape index (κ1) is 12.4. The van der Waals surface area contributed by atoms with Gasteiger partial charge >= 0.3 is 0 Å². The lowest BCUT2D eigenvalue weighted by Crippen LogP contribution is -2.29. The van der Waals surface area contributed by atoms with E-state index < -0.39 is 0 Å². The molecule has 2 rings (SSSR count). The molecule has 1 N–H and O–H groups in total. The van der Waals surface area contributed by atoms with E-state index in [4.69, 9.17) is 4.74 Å². The highest BCUT2D eigenvalue weighted by molar-refractivity contribution is 5.54. The van der Waals surface area contributed by atoms with Gasteiger partial charge in [0.1, 0.15) is 0 Å². The zero-order chi connectivity index (χ0) is 12.3. The summed E-state index contributed by atoms with van der Waals surface area (Å²) in [7, 11) is 0. The summed E-state index contributed by atoms with van der Waals surface area (Å²) in [6.07, 6.45) is 2.22. The average Bonchev–Trinajstić information content (AvgIpc) is 2.30. The van der Waals surface area contributed by atoms with Gasteiger partial charge in [0, 0.05) is 24.9 Å². The first-order chi connectivity index (χ1) is 8.07. The SMILES string of the molecule is CC(C)(C)c1ccccc1NC1CCOCC1. The minimum atomic E-state index is 0.189. The summed E-state index contributed by atoms with van der Waals surface area (Å²) >= 11 is 0. The molecule has 0 aromatic heterocycles. The number of ether oxygens (including phenoxy) is 1. The van der Waals surface area contributed by atoms with E-state index in [0.29, 0.717) is 6.04 Å². The highest BCUT2D eigenvalue weighted by Crippen LogP contribution is 2.30. The van der Waals surface area contributed by atoms with Gasteiger partial charge in [0.05, 0.1) is 0 Å². The van der Waals surface area contributed by atoms with Crippen molar-refractivity contribution in [1.29, 1.82) is 0 Å². The minimum Gasteiger partial charge on any atom is -0.382 e. The van der Waals surface area contributed by atoms with Crippen molar-refractivity contribution in [3.05, 3.63) is 29.8 Å². The van der Waals surface area contributed by atoms with Crippen LogP contribution < -0.4 is 5.32 Å². The van der Waals surface area contributed by atoms with Crippen molar-refractivity contribution in [2.75, 3.05) is 18.5 Å². The molecule has 0 amide bonds. The fraction of sp³-hybridized carbons (Fsp3) is 0.600. The van der Waals surface area contributed by atoms with Crippen LogP contribution in [0, 0.1) is 0 Å². The summed E-state index contributed by atoms with van der Waals surface area (Å²) in [6, 6.07) is 9.21. The highest BCUT2D eigenvalue weighted by Gasteiger charge is 2.20. The monoisotopic (exact) mass is 233 g/mol. The topological polar surface area (TPSA) is 21.3 Å². The summed E-state index contributed by atoms with van der Waals surface area (Å²) in [5.74, 6) is 0. The van der Waals surface area contributed by atoms with Crippen LogP contribution in [0.15, 0.2) is 24.3 Å². The molecule has 0 saturated carbocycles. The predicted octanol–water partition coefficient (Wildman–Crippen LogP) is 3.58. The van der Waals surface area contributed by atoms with E-state index in [1.807, 2.05) is 0 Å². The summed E-state index contributed by atoms with van der Waals surface area (Å²) in [5.41, 5.74) is 2.87. The van der Waals surface area contributed by atoms with Crippen LogP contribution in [0.25, 0.3) is 0 Å². The van der Waals surface area contributed by atoms with Crippen LogP contribution in [0.5, 0.6) is 0 Å². The molecule has 17 heavy (non-hydrogen) atoms. The number of anilines is 1.